The van der Waals surface area contributed by atoms with Gasteiger partial charge in [0.2, 0.25) is 0 Å². The molecule has 1 aromatic carbocycles. The van der Waals surface area contributed by atoms with Crippen molar-refractivity contribution in [2.75, 3.05) is 26.2 Å². The first-order valence-corrected chi connectivity index (χ1v) is 11.0. The Morgan fingerprint density at radius 1 is 1.10 bits per heavy atom. The van der Waals surface area contributed by atoms with Crippen molar-refractivity contribution in [3.05, 3.63) is 66.2 Å². The number of fused-ring (bicyclic) bond motifs is 1. The molecule has 0 amide bonds. The molecule has 1 saturated heterocycles. The van der Waals surface area contributed by atoms with Crippen molar-refractivity contribution in [1.29, 1.82) is 0 Å². The van der Waals surface area contributed by atoms with Gasteiger partial charge < -0.3 is 15.1 Å². The number of benzene rings is 1. The quantitative estimate of drug-likeness (QED) is 0.261. The lowest BCUT2D eigenvalue weighted by molar-refractivity contribution is 0.146. The first-order chi connectivity index (χ1) is 14.8. The van der Waals surface area contributed by atoms with Gasteiger partial charge in [0, 0.05) is 24.7 Å². The van der Waals surface area contributed by atoms with Crippen LogP contribution in [-0.2, 0) is 6.54 Å². The summed E-state index contributed by atoms with van der Waals surface area (Å²) in [6.07, 6.45) is 7.42. The number of likely N-dealkylation sites (tertiary alicyclic amines) is 1. The van der Waals surface area contributed by atoms with Crippen molar-refractivity contribution < 1.29 is 4.42 Å². The van der Waals surface area contributed by atoms with Crippen LogP contribution in [0.2, 0.25) is 0 Å². The van der Waals surface area contributed by atoms with E-state index in [1.165, 1.54) is 19.3 Å². The minimum atomic E-state index is 0. The fourth-order valence-corrected chi connectivity index (χ4v) is 4.11. The van der Waals surface area contributed by atoms with E-state index in [1.54, 1.807) is 6.26 Å². The van der Waals surface area contributed by atoms with E-state index < -0.39 is 0 Å². The first-order valence-electron chi connectivity index (χ1n) is 11.0. The number of nitrogens with one attached hydrogen (secondary N) is 2. The summed E-state index contributed by atoms with van der Waals surface area (Å²) in [5.74, 6) is 1.83. The fourth-order valence-electron chi connectivity index (χ4n) is 4.11. The van der Waals surface area contributed by atoms with Gasteiger partial charge >= 0.3 is 0 Å². The number of para-hydroxylation sites is 1. The number of piperidine rings is 1. The molecule has 7 heteroatoms. The smallest absolute Gasteiger partial charge is 0.191 e. The summed E-state index contributed by atoms with van der Waals surface area (Å²) in [5, 5.41) is 8.06. The number of aliphatic imine (C=N–C) groups is 1. The van der Waals surface area contributed by atoms with E-state index in [1.807, 2.05) is 18.3 Å². The van der Waals surface area contributed by atoms with Crippen molar-refractivity contribution in [1.82, 2.24) is 20.5 Å². The first kappa shape index (κ1) is 23.5. The number of halogens is 1. The Balaban J connectivity index is 0.00000272. The van der Waals surface area contributed by atoms with Crippen LogP contribution in [0.4, 0.5) is 0 Å². The van der Waals surface area contributed by atoms with Crippen LogP contribution in [0, 0.1) is 0 Å². The summed E-state index contributed by atoms with van der Waals surface area (Å²) >= 11 is 0. The van der Waals surface area contributed by atoms with Gasteiger partial charge in [-0.2, -0.15) is 0 Å². The molecule has 0 bridgehead atoms. The summed E-state index contributed by atoms with van der Waals surface area (Å²) in [6, 6.07) is 14.6. The lowest BCUT2D eigenvalue weighted by atomic mass is 10.1. The highest BCUT2D eigenvalue weighted by Gasteiger charge is 2.24. The fraction of sp³-hybridized carbons (Fsp3) is 0.417. The van der Waals surface area contributed by atoms with Gasteiger partial charge in [0.1, 0.15) is 5.76 Å². The number of pyridine rings is 1. The maximum absolute atomic E-state index is 5.77. The molecule has 2 aromatic heterocycles. The molecular weight excluding hydrogens is 501 g/mol. The van der Waals surface area contributed by atoms with Gasteiger partial charge in [-0.1, -0.05) is 30.7 Å². The molecule has 3 aromatic rings. The maximum Gasteiger partial charge on any atom is 0.191 e. The topological polar surface area (TPSA) is 65.7 Å². The number of rotatable bonds is 7. The van der Waals surface area contributed by atoms with E-state index in [2.05, 4.69) is 57.8 Å². The average Bonchev–Trinajstić information content (AvgIpc) is 3.33. The molecule has 1 atom stereocenters. The predicted molar refractivity (Wildman–Crippen MR) is 137 cm³/mol. The molecule has 1 aliphatic rings. The molecule has 6 nitrogen and oxygen atoms in total. The van der Waals surface area contributed by atoms with Crippen LogP contribution in [-0.4, -0.2) is 42.0 Å². The van der Waals surface area contributed by atoms with Gasteiger partial charge in [0.05, 0.1) is 24.4 Å². The molecule has 0 aliphatic carbocycles. The number of hydrogen-bond acceptors (Lipinski definition) is 4. The minimum Gasteiger partial charge on any atom is -0.468 e. The Morgan fingerprint density at radius 3 is 2.71 bits per heavy atom. The third kappa shape index (κ3) is 6.20. The third-order valence-corrected chi connectivity index (χ3v) is 5.63. The summed E-state index contributed by atoms with van der Waals surface area (Å²) in [6.45, 7) is 6.47. The van der Waals surface area contributed by atoms with Gasteiger partial charge in [-0.25, -0.2) is 4.99 Å². The third-order valence-electron chi connectivity index (χ3n) is 5.63. The van der Waals surface area contributed by atoms with Crippen LogP contribution >= 0.6 is 24.0 Å². The number of furan rings is 1. The maximum atomic E-state index is 5.77. The zero-order valence-electron chi connectivity index (χ0n) is 18.1. The highest BCUT2D eigenvalue weighted by molar-refractivity contribution is 14.0. The van der Waals surface area contributed by atoms with E-state index in [9.17, 15) is 0 Å². The molecule has 1 fully saturated rings. The van der Waals surface area contributed by atoms with Crippen molar-refractivity contribution >= 4 is 40.8 Å². The second kappa shape index (κ2) is 12.0. The van der Waals surface area contributed by atoms with Gasteiger partial charge in [0.25, 0.3) is 0 Å². The number of nitrogens with zero attached hydrogens (tertiary/aromatic N) is 3. The molecule has 1 unspecified atom stereocenters. The summed E-state index contributed by atoms with van der Waals surface area (Å²) in [5.41, 5.74) is 2.14. The highest BCUT2D eigenvalue weighted by Crippen LogP contribution is 2.24. The molecule has 0 radical (unpaired) electrons. The van der Waals surface area contributed by atoms with E-state index in [0.29, 0.717) is 6.54 Å². The Bertz CT molecular complexity index is 948. The molecule has 2 N–H and O–H groups in total. The molecule has 0 spiro atoms. The highest BCUT2D eigenvalue weighted by atomic mass is 127. The normalized spacial score (nSPS) is 16.0. The van der Waals surface area contributed by atoms with Crippen LogP contribution in [0.15, 0.2) is 64.3 Å². The van der Waals surface area contributed by atoms with E-state index in [0.717, 1.165) is 54.4 Å². The Kier molecular flexibility index (Phi) is 9.14. The lowest BCUT2D eigenvalue weighted by Gasteiger charge is -2.33. The van der Waals surface area contributed by atoms with Gasteiger partial charge in [0.15, 0.2) is 5.96 Å². The Labute approximate surface area is 201 Å². The zero-order valence-corrected chi connectivity index (χ0v) is 20.4. The number of aromatic nitrogens is 1. The van der Waals surface area contributed by atoms with Crippen molar-refractivity contribution in [2.45, 2.75) is 38.8 Å². The van der Waals surface area contributed by atoms with Crippen LogP contribution in [0.25, 0.3) is 10.9 Å². The van der Waals surface area contributed by atoms with E-state index in [-0.39, 0.29) is 30.0 Å². The van der Waals surface area contributed by atoms with Crippen molar-refractivity contribution in [2.24, 2.45) is 4.99 Å². The molecule has 31 heavy (non-hydrogen) atoms. The molecule has 1 aliphatic heterocycles. The van der Waals surface area contributed by atoms with Gasteiger partial charge in [-0.15, -0.1) is 24.0 Å². The average molecular weight is 533 g/mol. The second-order valence-electron chi connectivity index (χ2n) is 7.70. The van der Waals surface area contributed by atoms with E-state index in [4.69, 9.17) is 9.41 Å². The summed E-state index contributed by atoms with van der Waals surface area (Å²) in [4.78, 5) is 11.9. The van der Waals surface area contributed by atoms with E-state index >= 15 is 0 Å². The monoisotopic (exact) mass is 533 g/mol. The molecule has 4 rings (SSSR count). The second-order valence-corrected chi connectivity index (χ2v) is 7.70. The van der Waals surface area contributed by atoms with Crippen LogP contribution in [0.1, 0.15) is 43.6 Å². The van der Waals surface area contributed by atoms with Crippen molar-refractivity contribution in [3.8, 4) is 0 Å². The van der Waals surface area contributed by atoms with Gasteiger partial charge in [-0.05, 0) is 56.6 Å². The van der Waals surface area contributed by atoms with Crippen molar-refractivity contribution in [3.63, 3.8) is 0 Å². The zero-order chi connectivity index (χ0) is 20.6. The summed E-state index contributed by atoms with van der Waals surface area (Å²) < 4.78 is 5.77. The van der Waals surface area contributed by atoms with Crippen LogP contribution in [0.5, 0.6) is 0 Å². The SMILES string of the molecule is CCNC(=NCc1cccc2cccnc12)NCC(c1ccco1)N1CCCCC1.I. The van der Waals surface area contributed by atoms with Crippen LogP contribution < -0.4 is 10.6 Å². The predicted octanol–water partition coefficient (Wildman–Crippen LogP) is 4.73. The number of hydrogen-bond donors (Lipinski definition) is 2. The van der Waals surface area contributed by atoms with Crippen LogP contribution in [0.3, 0.4) is 0 Å². The Hall–Kier alpha value is -2.13. The summed E-state index contributed by atoms with van der Waals surface area (Å²) in [7, 11) is 0. The minimum absolute atomic E-state index is 0. The van der Waals surface area contributed by atoms with Gasteiger partial charge in [-0.3, -0.25) is 9.88 Å². The molecule has 3 heterocycles. The Morgan fingerprint density at radius 2 is 1.94 bits per heavy atom. The molecule has 0 saturated carbocycles. The largest absolute Gasteiger partial charge is 0.468 e. The lowest BCUT2D eigenvalue weighted by Crippen LogP contribution is -2.44. The standard InChI is InChI=1S/C24H31N5O.HI/c1-2-25-24(27-17-20-10-6-9-19-11-7-13-26-23(19)20)28-18-21(22-12-8-16-30-22)29-14-4-3-5-15-29;/h6-13,16,21H,2-5,14-15,17-18H2,1H3,(H2,25,27,28);1H. The molecule has 166 valence electrons. The number of guanidine groups is 1. The molecular formula is C24H32IN5O.